The van der Waals surface area contributed by atoms with Crippen molar-refractivity contribution >= 4 is 5.95 Å². The second-order valence-electron chi connectivity index (χ2n) is 3.83. The molecule has 0 spiro atoms. The van der Waals surface area contributed by atoms with E-state index in [1.165, 1.54) is 22.4 Å². The Morgan fingerprint density at radius 2 is 2.00 bits per heavy atom. The summed E-state index contributed by atoms with van der Waals surface area (Å²) in [5.41, 5.74) is 1.21. The van der Waals surface area contributed by atoms with Gasteiger partial charge in [0, 0.05) is 25.9 Å². The van der Waals surface area contributed by atoms with Gasteiger partial charge in [-0.3, -0.25) is 9.36 Å². The van der Waals surface area contributed by atoms with Crippen molar-refractivity contribution in [1.29, 1.82) is 0 Å². The zero-order valence-corrected chi connectivity index (χ0v) is 9.76. The quantitative estimate of drug-likeness (QED) is 0.862. The van der Waals surface area contributed by atoms with Crippen LogP contribution in [0.5, 0.6) is 0 Å². The Morgan fingerprint density at radius 1 is 1.24 bits per heavy atom. The molecule has 0 saturated carbocycles. The lowest BCUT2D eigenvalue weighted by atomic mass is 10.1. The summed E-state index contributed by atoms with van der Waals surface area (Å²) in [5.74, 6) is 0.605. The highest BCUT2D eigenvalue weighted by Gasteiger charge is 1.99. The van der Waals surface area contributed by atoms with E-state index in [2.05, 4.69) is 22.4 Å². The number of nitrogens with one attached hydrogen (secondary N) is 1. The van der Waals surface area contributed by atoms with Crippen LogP contribution in [0, 0.1) is 0 Å². The summed E-state index contributed by atoms with van der Waals surface area (Å²) in [6, 6.07) is 11.7. The number of rotatable bonds is 4. The van der Waals surface area contributed by atoms with Gasteiger partial charge in [-0.05, 0) is 12.0 Å². The monoisotopic (exact) mass is 229 g/mol. The van der Waals surface area contributed by atoms with Gasteiger partial charge in [0.05, 0.1) is 0 Å². The normalized spacial score (nSPS) is 10.2. The van der Waals surface area contributed by atoms with Gasteiger partial charge in [0.2, 0.25) is 5.95 Å². The number of anilines is 1. The van der Waals surface area contributed by atoms with Crippen molar-refractivity contribution in [2.75, 3.05) is 11.9 Å². The van der Waals surface area contributed by atoms with Crippen LogP contribution in [-0.4, -0.2) is 16.1 Å². The van der Waals surface area contributed by atoms with E-state index in [4.69, 9.17) is 0 Å². The third kappa shape index (κ3) is 2.93. The lowest BCUT2D eigenvalue weighted by Crippen LogP contribution is -2.21. The summed E-state index contributed by atoms with van der Waals surface area (Å²) in [5, 5.41) is 3.15. The third-order valence-corrected chi connectivity index (χ3v) is 2.60. The molecule has 0 unspecified atom stereocenters. The van der Waals surface area contributed by atoms with Crippen LogP contribution in [-0.2, 0) is 13.5 Å². The van der Waals surface area contributed by atoms with Gasteiger partial charge in [0.25, 0.3) is 5.56 Å². The molecule has 88 valence electrons. The van der Waals surface area contributed by atoms with E-state index in [1.807, 2.05) is 18.2 Å². The van der Waals surface area contributed by atoms with Crippen molar-refractivity contribution in [3.05, 3.63) is 58.5 Å². The maximum Gasteiger partial charge on any atom is 0.254 e. The average Bonchev–Trinajstić information content (AvgIpc) is 2.36. The Labute approximate surface area is 99.9 Å². The molecule has 1 aromatic heterocycles. The Morgan fingerprint density at radius 3 is 2.76 bits per heavy atom. The minimum absolute atomic E-state index is 0.0535. The zero-order valence-electron chi connectivity index (χ0n) is 9.76. The van der Waals surface area contributed by atoms with E-state index in [0.29, 0.717) is 5.95 Å². The SMILES string of the molecule is Cn1c(NCCc2ccccc2)nccc1=O. The molecule has 0 atom stereocenters. The van der Waals surface area contributed by atoms with Crippen LogP contribution in [0.3, 0.4) is 0 Å². The Hall–Kier alpha value is -2.10. The molecule has 0 saturated heterocycles. The summed E-state index contributed by atoms with van der Waals surface area (Å²) in [6.45, 7) is 0.758. The summed E-state index contributed by atoms with van der Waals surface area (Å²) >= 11 is 0. The van der Waals surface area contributed by atoms with Crippen LogP contribution in [0.4, 0.5) is 5.95 Å². The fourth-order valence-corrected chi connectivity index (χ4v) is 1.60. The molecule has 2 aromatic rings. The molecule has 0 amide bonds. The van der Waals surface area contributed by atoms with Crippen molar-refractivity contribution in [3.63, 3.8) is 0 Å². The minimum Gasteiger partial charge on any atom is -0.355 e. The first-order chi connectivity index (χ1) is 8.27. The predicted molar refractivity (Wildman–Crippen MR) is 68.1 cm³/mol. The Kier molecular flexibility index (Phi) is 3.55. The van der Waals surface area contributed by atoms with Gasteiger partial charge < -0.3 is 5.32 Å². The summed E-state index contributed by atoms with van der Waals surface area (Å²) in [6.07, 6.45) is 2.43. The van der Waals surface area contributed by atoms with Gasteiger partial charge in [-0.1, -0.05) is 30.3 Å². The first-order valence-electron chi connectivity index (χ1n) is 5.57. The van der Waals surface area contributed by atoms with Crippen LogP contribution in [0.2, 0.25) is 0 Å². The van der Waals surface area contributed by atoms with Gasteiger partial charge in [0.1, 0.15) is 0 Å². The average molecular weight is 229 g/mol. The molecule has 0 aliphatic heterocycles. The van der Waals surface area contributed by atoms with Gasteiger partial charge in [0.15, 0.2) is 0 Å². The smallest absolute Gasteiger partial charge is 0.254 e. The lowest BCUT2D eigenvalue weighted by molar-refractivity contribution is 0.817. The van der Waals surface area contributed by atoms with Crippen LogP contribution >= 0.6 is 0 Å². The molecular weight excluding hydrogens is 214 g/mol. The lowest BCUT2D eigenvalue weighted by Gasteiger charge is -2.08. The van der Waals surface area contributed by atoms with E-state index >= 15 is 0 Å². The Balaban J connectivity index is 1.95. The first kappa shape index (κ1) is 11.4. The molecule has 0 bridgehead atoms. The van der Waals surface area contributed by atoms with Gasteiger partial charge in [-0.25, -0.2) is 4.98 Å². The molecule has 1 N–H and O–H groups in total. The first-order valence-corrected chi connectivity index (χ1v) is 5.57. The molecule has 4 heteroatoms. The van der Waals surface area contributed by atoms with E-state index in [9.17, 15) is 4.79 Å². The van der Waals surface area contributed by atoms with Crippen molar-refractivity contribution in [2.45, 2.75) is 6.42 Å². The molecule has 17 heavy (non-hydrogen) atoms. The Bertz CT molecular complexity index is 534. The van der Waals surface area contributed by atoms with Crippen molar-refractivity contribution in [1.82, 2.24) is 9.55 Å². The van der Waals surface area contributed by atoms with Gasteiger partial charge in [-0.2, -0.15) is 0 Å². The molecule has 1 aromatic carbocycles. The molecule has 0 aliphatic rings. The number of hydrogen-bond donors (Lipinski definition) is 1. The topological polar surface area (TPSA) is 46.9 Å². The number of aromatic nitrogens is 2. The largest absolute Gasteiger partial charge is 0.355 e. The zero-order chi connectivity index (χ0) is 12.1. The third-order valence-electron chi connectivity index (χ3n) is 2.60. The fraction of sp³-hybridized carbons (Fsp3) is 0.231. The molecule has 0 aliphatic carbocycles. The van der Waals surface area contributed by atoms with Crippen molar-refractivity contribution < 1.29 is 0 Å². The molecule has 1 heterocycles. The molecule has 4 nitrogen and oxygen atoms in total. The molecule has 0 fully saturated rings. The standard InChI is InChI=1S/C13H15N3O/c1-16-12(17)8-10-15-13(16)14-9-7-11-5-3-2-4-6-11/h2-6,8,10H,7,9H2,1H3,(H,14,15). The molecule has 2 rings (SSSR count). The summed E-state index contributed by atoms with van der Waals surface area (Å²) < 4.78 is 1.50. The van der Waals surface area contributed by atoms with E-state index < -0.39 is 0 Å². The molecular formula is C13H15N3O. The van der Waals surface area contributed by atoms with Crippen LogP contribution < -0.4 is 10.9 Å². The summed E-state index contributed by atoms with van der Waals surface area (Å²) in [4.78, 5) is 15.5. The van der Waals surface area contributed by atoms with E-state index in [1.54, 1.807) is 7.05 Å². The fourth-order valence-electron chi connectivity index (χ4n) is 1.60. The van der Waals surface area contributed by atoms with Crippen LogP contribution in [0.1, 0.15) is 5.56 Å². The van der Waals surface area contributed by atoms with E-state index in [0.717, 1.165) is 13.0 Å². The van der Waals surface area contributed by atoms with E-state index in [-0.39, 0.29) is 5.56 Å². The van der Waals surface area contributed by atoms with Crippen LogP contribution in [0.25, 0.3) is 0 Å². The van der Waals surface area contributed by atoms with Crippen molar-refractivity contribution in [2.24, 2.45) is 7.05 Å². The maximum atomic E-state index is 11.4. The highest BCUT2D eigenvalue weighted by atomic mass is 16.1. The highest BCUT2D eigenvalue weighted by Crippen LogP contribution is 2.01. The summed E-state index contributed by atoms with van der Waals surface area (Å²) in [7, 11) is 1.71. The second-order valence-corrected chi connectivity index (χ2v) is 3.83. The predicted octanol–water partition coefficient (Wildman–Crippen LogP) is 1.43. The maximum absolute atomic E-state index is 11.4. The van der Waals surface area contributed by atoms with Crippen LogP contribution in [0.15, 0.2) is 47.4 Å². The van der Waals surface area contributed by atoms with Gasteiger partial charge >= 0.3 is 0 Å². The highest BCUT2D eigenvalue weighted by molar-refractivity contribution is 5.25. The number of benzene rings is 1. The van der Waals surface area contributed by atoms with Gasteiger partial charge in [-0.15, -0.1) is 0 Å². The second kappa shape index (κ2) is 5.30. The molecule has 0 radical (unpaired) electrons. The minimum atomic E-state index is -0.0535. The van der Waals surface area contributed by atoms with Crippen molar-refractivity contribution in [3.8, 4) is 0 Å². The number of nitrogens with zero attached hydrogens (tertiary/aromatic N) is 2. The number of hydrogen-bond acceptors (Lipinski definition) is 3.